The summed E-state index contributed by atoms with van der Waals surface area (Å²) >= 11 is 1.45. The molecule has 0 saturated carbocycles. The monoisotopic (exact) mass is 250 g/mol. The zero-order chi connectivity index (χ0) is 12.3. The Labute approximate surface area is 104 Å². The maximum atomic E-state index is 9.36. The third-order valence-corrected chi connectivity index (χ3v) is 3.12. The van der Waals surface area contributed by atoms with Crippen LogP contribution < -0.4 is 0 Å². The molecule has 6 heteroatoms. The van der Waals surface area contributed by atoms with Crippen molar-refractivity contribution in [3.8, 4) is 5.88 Å². The molecule has 17 heavy (non-hydrogen) atoms. The van der Waals surface area contributed by atoms with Crippen molar-refractivity contribution in [2.75, 3.05) is 0 Å². The Balaban J connectivity index is 2.07. The third-order valence-electron chi connectivity index (χ3n) is 2.30. The molecule has 0 bridgehead atoms. The van der Waals surface area contributed by atoms with E-state index in [0.717, 1.165) is 12.1 Å². The summed E-state index contributed by atoms with van der Waals surface area (Å²) in [5.74, 6) is 0.662. The van der Waals surface area contributed by atoms with E-state index in [1.165, 1.54) is 23.5 Å². The first-order chi connectivity index (χ1) is 8.19. The second-order valence-corrected chi connectivity index (χ2v) is 4.51. The lowest BCUT2D eigenvalue weighted by Gasteiger charge is -2.05. The first-order valence-electron chi connectivity index (χ1n) is 5.37. The second-order valence-electron chi connectivity index (χ2n) is 3.60. The van der Waals surface area contributed by atoms with Crippen LogP contribution in [0, 0.1) is 6.92 Å². The molecule has 2 aromatic heterocycles. The van der Waals surface area contributed by atoms with Gasteiger partial charge in [-0.05, 0) is 19.4 Å². The third kappa shape index (κ3) is 2.97. The molecule has 90 valence electrons. The van der Waals surface area contributed by atoms with Gasteiger partial charge in [-0.2, -0.15) is 10.1 Å². The highest BCUT2D eigenvalue weighted by Gasteiger charge is 2.04. The number of aromatic hydroxyl groups is 1. The van der Waals surface area contributed by atoms with Crippen LogP contribution in [0.5, 0.6) is 5.88 Å². The molecule has 2 heterocycles. The lowest BCUT2D eigenvalue weighted by molar-refractivity contribution is 0.444. The van der Waals surface area contributed by atoms with E-state index in [9.17, 15) is 5.11 Å². The van der Waals surface area contributed by atoms with Gasteiger partial charge in [0.25, 0.3) is 0 Å². The zero-order valence-electron chi connectivity index (χ0n) is 9.79. The number of aryl methyl sites for hydroxylation is 2. The first-order valence-corrected chi connectivity index (χ1v) is 6.35. The van der Waals surface area contributed by atoms with Crippen molar-refractivity contribution in [3.05, 3.63) is 29.7 Å². The van der Waals surface area contributed by atoms with Crippen molar-refractivity contribution < 1.29 is 5.11 Å². The minimum Gasteiger partial charge on any atom is -0.493 e. The quantitative estimate of drug-likeness (QED) is 0.664. The number of hydrogen-bond acceptors (Lipinski definition) is 5. The van der Waals surface area contributed by atoms with Gasteiger partial charge in [-0.1, -0.05) is 18.7 Å². The molecule has 0 saturated heterocycles. The lowest BCUT2D eigenvalue weighted by atomic mass is 10.3. The smallest absolute Gasteiger partial charge is 0.215 e. The molecule has 0 aliphatic carbocycles. The highest BCUT2D eigenvalue weighted by atomic mass is 32.2. The Hall–Kier alpha value is -1.56. The van der Waals surface area contributed by atoms with E-state index in [-0.39, 0.29) is 5.88 Å². The van der Waals surface area contributed by atoms with E-state index < -0.39 is 0 Å². The van der Waals surface area contributed by atoms with E-state index >= 15 is 0 Å². The number of nitrogens with zero attached hydrogens (tertiary/aromatic N) is 4. The van der Waals surface area contributed by atoms with Crippen LogP contribution in [0.1, 0.15) is 18.3 Å². The summed E-state index contributed by atoms with van der Waals surface area (Å²) in [6, 6.07) is 3.53. The molecule has 2 aromatic rings. The molecule has 0 aliphatic heterocycles. The SMILES string of the molecule is CCc1ccnn1CSc1nc(C)cc(O)n1. The standard InChI is InChI=1S/C11H14N4OS/c1-3-9-4-5-12-15(9)7-17-11-13-8(2)6-10(16)14-11/h4-6H,3,7H2,1-2H3,(H,13,14,16). The van der Waals surface area contributed by atoms with Crippen LogP contribution in [0.3, 0.4) is 0 Å². The maximum Gasteiger partial charge on any atom is 0.215 e. The van der Waals surface area contributed by atoms with Gasteiger partial charge < -0.3 is 5.11 Å². The van der Waals surface area contributed by atoms with Gasteiger partial charge in [0.15, 0.2) is 5.16 Å². The minimum atomic E-state index is 0.0104. The van der Waals surface area contributed by atoms with Crippen LogP contribution >= 0.6 is 11.8 Å². The molecule has 0 amide bonds. The largest absolute Gasteiger partial charge is 0.493 e. The molecule has 0 aromatic carbocycles. The predicted octanol–water partition coefficient (Wildman–Crippen LogP) is 2.00. The van der Waals surface area contributed by atoms with Gasteiger partial charge in [0, 0.05) is 23.7 Å². The minimum absolute atomic E-state index is 0.0104. The van der Waals surface area contributed by atoms with Crippen LogP contribution in [0.2, 0.25) is 0 Å². The Morgan fingerprint density at radius 3 is 2.94 bits per heavy atom. The Morgan fingerprint density at radius 2 is 2.24 bits per heavy atom. The molecule has 0 radical (unpaired) electrons. The molecule has 0 atom stereocenters. The fraction of sp³-hybridized carbons (Fsp3) is 0.364. The topological polar surface area (TPSA) is 63.8 Å². The molecule has 2 rings (SSSR count). The van der Waals surface area contributed by atoms with Gasteiger partial charge in [-0.3, -0.25) is 4.68 Å². The van der Waals surface area contributed by atoms with Crippen LogP contribution in [-0.2, 0) is 12.3 Å². The predicted molar refractivity (Wildman–Crippen MR) is 65.9 cm³/mol. The van der Waals surface area contributed by atoms with E-state index in [1.807, 2.05) is 17.7 Å². The average Bonchev–Trinajstić information content (AvgIpc) is 2.72. The highest BCUT2D eigenvalue weighted by molar-refractivity contribution is 7.98. The van der Waals surface area contributed by atoms with Crippen LogP contribution in [0.25, 0.3) is 0 Å². The van der Waals surface area contributed by atoms with Crippen molar-refractivity contribution in [1.29, 1.82) is 0 Å². The summed E-state index contributed by atoms with van der Waals surface area (Å²) in [6.45, 7) is 3.92. The summed E-state index contributed by atoms with van der Waals surface area (Å²) in [7, 11) is 0. The van der Waals surface area contributed by atoms with E-state index in [1.54, 1.807) is 6.20 Å². The maximum absolute atomic E-state index is 9.36. The number of rotatable bonds is 4. The van der Waals surface area contributed by atoms with Crippen LogP contribution in [0.15, 0.2) is 23.5 Å². The first kappa shape index (κ1) is 11.9. The lowest BCUT2D eigenvalue weighted by Crippen LogP contribution is -2.02. The van der Waals surface area contributed by atoms with Gasteiger partial charge in [-0.25, -0.2) is 4.98 Å². The highest BCUT2D eigenvalue weighted by Crippen LogP contribution is 2.19. The molecule has 5 nitrogen and oxygen atoms in total. The molecule has 0 fully saturated rings. The van der Waals surface area contributed by atoms with Crippen molar-refractivity contribution in [2.24, 2.45) is 0 Å². The molecular weight excluding hydrogens is 236 g/mol. The second kappa shape index (κ2) is 5.18. The van der Waals surface area contributed by atoms with Gasteiger partial charge in [0.2, 0.25) is 5.88 Å². The molecule has 0 unspecified atom stereocenters. The molecule has 0 spiro atoms. The molecular formula is C11H14N4OS. The van der Waals surface area contributed by atoms with Gasteiger partial charge in [0.05, 0.1) is 5.88 Å². The van der Waals surface area contributed by atoms with Crippen LogP contribution in [0.4, 0.5) is 0 Å². The molecule has 1 N–H and O–H groups in total. The average molecular weight is 250 g/mol. The Morgan fingerprint density at radius 1 is 1.41 bits per heavy atom. The van der Waals surface area contributed by atoms with Crippen molar-refractivity contribution >= 4 is 11.8 Å². The summed E-state index contributed by atoms with van der Waals surface area (Å²) in [5, 5.41) is 14.2. The summed E-state index contributed by atoms with van der Waals surface area (Å²) in [5.41, 5.74) is 1.94. The van der Waals surface area contributed by atoms with E-state index in [0.29, 0.717) is 11.0 Å². The zero-order valence-corrected chi connectivity index (χ0v) is 10.6. The van der Waals surface area contributed by atoms with Gasteiger partial charge >= 0.3 is 0 Å². The normalized spacial score (nSPS) is 10.7. The summed E-state index contributed by atoms with van der Waals surface area (Å²) in [4.78, 5) is 8.19. The van der Waals surface area contributed by atoms with E-state index in [4.69, 9.17) is 0 Å². The summed E-state index contributed by atoms with van der Waals surface area (Å²) in [6.07, 6.45) is 2.73. The number of aromatic nitrogens is 4. The van der Waals surface area contributed by atoms with E-state index in [2.05, 4.69) is 22.0 Å². The molecule has 0 aliphatic rings. The van der Waals surface area contributed by atoms with Gasteiger partial charge in [-0.15, -0.1) is 0 Å². The van der Waals surface area contributed by atoms with Crippen molar-refractivity contribution in [3.63, 3.8) is 0 Å². The van der Waals surface area contributed by atoms with Crippen molar-refractivity contribution in [1.82, 2.24) is 19.7 Å². The van der Waals surface area contributed by atoms with Gasteiger partial charge in [0.1, 0.15) is 0 Å². The van der Waals surface area contributed by atoms with Crippen LogP contribution in [-0.4, -0.2) is 24.9 Å². The fourth-order valence-electron chi connectivity index (χ4n) is 1.49. The Bertz CT molecular complexity index is 492. The number of hydrogen-bond donors (Lipinski definition) is 1. The number of thioether (sulfide) groups is 1. The Kier molecular flexibility index (Phi) is 3.63. The summed E-state index contributed by atoms with van der Waals surface area (Å²) < 4.78 is 1.91. The fourth-order valence-corrected chi connectivity index (χ4v) is 2.32. The van der Waals surface area contributed by atoms with Crippen molar-refractivity contribution in [2.45, 2.75) is 31.3 Å².